The van der Waals surface area contributed by atoms with Gasteiger partial charge in [0.2, 0.25) is 0 Å². The van der Waals surface area contributed by atoms with E-state index in [2.05, 4.69) is 11.4 Å². The van der Waals surface area contributed by atoms with E-state index in [1.54, 1.807) is 23.5 Å². The smallest absolute Gasteiger partial charge is 0.410 e. The number of hydrogen-bond acceptors (Lipinski definition) is 3. The lowest BCUT2D eigenvalue weighted by Gasteiger charge is -2.05. The summed E-state index contributed by atoms with van der Waals surface area (Å²) in [5.41, 5.74) is 0. The fraction of sp³-hybridized carbons (Fsp3) is 0.154. The number of thiophene rings is 1. The van der Waals surface area contributed by atoms with Crippen molar-refractivity contribution in [3.05, 3.63) is 52.7 Å². The van der Waals surface area contributed by atoms with Crippen molar-refractivity contribution in [3.63, 3.8) is 0 Å². The van der Waals surface area contributed by atoms with Crippen molar-refractivity contribution in [2.45, 2.75) is 6.42 Å². The quantitative estimate of drug-likeness (QED) is 0.901. The second-order valence-corrected chi connectivity index (χ2v) is 4.49. The summed E-state index contributed by atoms with van der Waals surface area (Å²) in [6.07, 6.45) is 0.425. The van der Waals surface area contributed by atoms with Crippen LogP contribution in [0.5, 0.6) is 5.75 Å². The minimum atomic E-state index is -0.409. The van der Waals surface area contributed by atoms with Crippen molar-refractivity contribution in [2.24, 2.45) is 0 Å². The Morgan fingerprint density at radius 3 is 2.71 bits per heavy atom. The van der Waals surface area contributed by atoms with Gasteiger partial charge in [0, 0.05) is 11.4 Å². The normalized spacial score (nSPS) is 9.88. The molecule has 0 unspecified atom stereocenters. The van der Waals surface area contributed by atoms with Crippen molar-refractivity contribution in [1.82, 2.24) is 5.32 Å². The first-order valence-electron chi connectivity index (χ1n) is 5.38. The molecule has 0 radical (unpaired) electrons. The standard InChI is InChI=1S/C13H13NO2S/c15-13(16-11-5-2-1-3-6-11)14-9-8-12-7-4-10-17-12/h1-7,10H,8-9H2,(H,14,15). The molecule has 0 saturated carbocycles. The number of rotatable bonds is 4. The van der Waals surface area contributed by atoms with Gasteiger partial charge in [0.25, 0.3) is 0 Å². The van der Waals surface area contributed by atoms with E-state index in [-0.39, 0.29) is 0 Å². The van der Waals surface area contributed by atoms with Crippen LogP contribution < -0.4 is 10.1 Å². The van der Waals surface area contributed by atoms with E-state index < -0.39 is 6.09 Å². The highest BCUT2D eigenvalue weighted by atomic mass is 32.1. The highest BCUT2D eigenvalue weighted by Crippen LogP contribution is 2.09. The van der Waals surface area contributed by atoms with Crippen LogP contribution in [0.2, 0.25) is 0 Å². The van der Waals surface area contributed by atoms with E-state index in [1.807, 2.05) is 29.6 Å². The van der Waals surface area contributed by atoms with Gasteiger partial charge in [-0.05, 0) is 30.0 Å². The second kappa shape index (κ2) is 6.06. The zero-order chi connectivity index (χ0) is 11.9. The third kappa shape index (κ3) is 3.92. The Balaban J connectivity index is 1.71. The summed E-state index contributed by atoms with van der Waals surface area (Å²) in [6.45, 7) is 0.589. The van der Waals surface area contributed by atoms with Crippen LogP contribution in [0.1, 0.15) is 4.88 Å². The third-order valence-corrected chi connectivity index (χ3v) is 3.11. The van der Waals surface area contributed by atoms with Crippen molar-refractivity contribution < 1.29 is 9.53 Å². The van der Waals surface area contributed by atoms with E-state index in [0.717, 1.165) is 6.42 Å². The molecule has 0 fully saturated rings. The van der Waals surface area contributed by atoms with Crippen molar-refractivity contribution in [2.75, 3.05) is 6.54 Å². The van der Waals surface area contributed by atoms with Crippen LogP contribution >= 0.6 is 11.3 Å². The first kappa shape index (κ1) is 11.7. The van der Waals surface area contributed by atoms with E-state index >= 15 is 0 Å². The molecule has 0 bridgehead atoms. The first-order chi connectivity index (χ1) is 8.34. The molecule has 1 N–H and O–H groups in total. The lowest BCUT2D eigenvalue weighted by Crippen LogP contribution is -2.28. The van der Waals surface area contributed by atoms with Crippen molar-refractivity contribution in [3.8, 4) is 5.75 Å². The minimum absolute atomic E-state index is 0.409. The van der Waals surface area contributed by atoms with Gasteiger partial charge in [-0.1, -0.05) is 24.3 Å². The monoisotopic (exact) mass is 247 g/mol. The van der Waals surface area contributed by atoms with Crippen LogP contribution in [0.3, 0.4) is 0 Å². The van der Waals surface area contributed by atoms with E-state index in [1.165, 1.54) is 4.88 Å². The molecule has 3 nitrogen and oxygen atoms in total. The Morgan fingerprint density at radius 2 is 2.00 bits per heavy atom. The van der Waals surface area contributed by atoms with Gasteiger partial charge >= 0.3 is 6.09 Å². The molecule has 0 atom stereocenters. The largest absolute Gasteiger partial charge is 0.412 e. The van der Waals surface area contributed by atoms with Gasteiger partial charge in [0.1, 0.15) is 5.75 Å². The average Bonchev–Trinajstić information content (AvgIpc) is 2.83. The summed E-state index contributed by atoms with van der Waals surface area (Å²) in [5, 5.41) is 4.74. The maximum absolute atomic E-state index is 11.4. The predicted molar refractivity (Wildman–Crippen MR) is 68.5 cm³/mol. The molecule has 2 rings (SSSR count). The summed E-state index contributed by atoms with van der Waals surface area (Å²) >= 11 is 1.69. The average molecular weight is 247 g/mol. The fourth-order valence-electron chi connectivity index (χ4n) is 1.37. The number of nitrogens with one attached hydrogen (secondary N) is 1. The molecule has 1 amide bonds. The van der Waals surface area contributed by atoms with Gasteiger partial charge in [0.05, 0.1) is 0 Å². The van der Waals surface area contributed by atoms with Gasteiger partial charge in [-0.15, -0.1) is 11.3 Å². The Morgan fingerprint density at radius 1 is 1.18 bits per heavy atom. The van der Waals surface area contributed by atoms with Gasteiger partial charge in [-0.3, -0.25) is 0 Å². The summed E-state index contributed by atoms with van der Waals surface area (Å²) in [5.74, 6) is 0.557. The molecule has 0 spiro atoms. The summed E-state index contributed by atoms with van der Waals surface area (Å²) in [7, 11) is 0. The highest BCUT2D eigenvalue weighted by Gasteiger charge is 2.02. The van der Waals surface area contributed by atoms with Crippen LogP contribution in [-0.2, 0) is 6.42 Å². The molecule has 1 aromatic heterocycles. The maximum Gasteiger partial charge on any atom is 0.412 e. The van der Waals surface area contributed by atoms with Crippen LogP contribution in [0, 0.1) is 0 Å². The lowest BCUT2D eigenvalue weighted by atomic mass is 10.3. The minimum Gasteiger partial charge on any atom is -0.410 e. The predicted octanol–water partition coefficient (Wildman–Crippen LogP) is 3.08. The maximum atomic E-state index is 11.4. The summed E-state index contributed by atoms with van der Waals surface area (Å²) in [4.78, 5) is 12.7. The molecule has 0 aliphatic heterocycles. The SMILES string of the molecule is O=C(NCCc1cccs1)Oc1ccccc1. The molecular weight excluding hydrogens is 234 g/mol. The number of benzene rings is 1. The van der Waals surface area contributed by atoms with Crippen molar-refractivity contribution in [1.29, 1.82) is 0 Å². The van der Waals surface area contributed by atoms with Gasteiger partial charge < -0.3 is 10.1 Å². The summed E-state index contributed by atoms with van der Waals surface area (Å²) < 4.78 is 5.09. The van der Waals surface area contributed by atoms with Crippen LogP contribution in [-0.4, -0.2) is 12.6 Å². The topological polar surface area (TPSA) is 38.3 Å². The molecule has 1 heterocycles. The Bertz CT molecular complexity index is 454. The zero-order valence-electron chi connectivity index (χ0n) is 9.26. The number of para-hydroxylation sites is 1. The summed E-state index contributed by atoms with van der Waals surface area (Å²) in [6, 6.07) is 13.1. The molecule has 4 heteroatoms. The number of carbonyl (C=O) groups excluding carboxylic acids is 1. The number of amides is 1. The fourth-order valence-corrected chi connectivity index (χ4v) is 2.08. The Hall–Kier alpha value is -1.81. The highest BCUT2D eigenvalue weighted by molar-refractivity contribution is 7.09. The molecular formula is C13H13NO2S. The third-order valence-electron chi connectivity index (χ3n) is 2.17. The van der Waals surface area contributed by atoms with Crippen molar-refractivity contribution >= 4 is 17.4 Å². The first-order valence-corrected chi connectivity index (χ1v) is 6.25. The molecule has 0 saturated heterocycles. The molecule has 17 heavy (non-hydrogen) atoms. The second-order valence-electron chi connectivity index (χ2n) is 3.46. The van der Waals surface area contributed by atoms with Gasteiger partial charge in [0.15, 0.2) is 0 Å². The molecule has 0 aliphatic rings. The molecule has 2 aromatic rings. The Labute approximate surface area is 104 Å². The van der Waals surface area contributed by atoms with E-state index in [9.17, 15) is 4.79 Å². The van der Waals surface area contributed by atoms with Crippen LogP contribution in [0.4, 0.5) is 4.79 Å². The lowest BCUT2D eigenvalue weighted by molar-refractivity contribution is 0.200. The zero-order valence-corrected chi connectivity index (χ0v) is 10.1. The number of hydrogen-bond donors (Lipinski definition) is 1. The van der Waals surface area contributed by atoms with Crippen LogP contribution in [0.25, 0.3) is 0 Å². The Kier molecular flexibility index (Phi) is 4.16. The van der Waals surface area contributed by atoms with Crippen LogP contribution in [0.15, 0.2) is 47.8 Å². The molecule has 0 aliphatic carbocycles. The van der Waals surface area contributed by atoms with E-state index in [4.69, 9.17) is 4.74 Å². The van der Waals surface area contributed by atoms with Gasteiger partial charge in [-0.2, -0.15) is 0 Å². The number of carbonyl (C=O) groups is 1. The number of ether oxygens (including phenoxy) is 1. The molecule has 1 aromatic carbocycles. The molecule has 88 valence electrons. The van der Waals surface area contributed by atoms with Gasteiger partial charge in [-0.25, -0.2) is 4.79 Å². The van der Waals surface area contributed by atoms with E-state index in [0.29, 0.717) is 12.3 Å².